The van der Waals surface area contributed by atoms with Gasteiger partial charge in [-0.2, -0.15) is 0 Å². The summed E-state index contributed by atoms with van der Waals surface area (Å²) >= 11 is 0. The van der Waals surface area contributed by atoms with E-state index in [9.17, 15) is 0 Å². The molecule has 0 unspecified atom stereocenters. The maximum Gasteiger partial charge on any atom is 0.125 e. The maximum absolute atomic E-state index is 6.10. The van der Waals surface area contributed by atoms with Crippen LogP contribution in [0.2, 0.25) is 0 Å². The molecule has 5 nitrogen and oxygen atoms in total. The minimum absolute atomic E-state index is 0.335. The van der Waals surface area contributed by atoms with Crippen LogP contribution in [-0.2, 0) is 0 Å². The fourth-order valence-corrected chi connectivity index (χ4v) is 3.59. The number of hydrogen-bond donors (Lipinski definition) is 2. The van der Waals surface area contributed by atoms with Gasteiger partial charge in [-0.15, -0.1) is 0 Å². The van der Waals surface area contributed by atoms with Gasteiger partial charge in [0.05, 0.1) is 17.1 Å². The fourth-order valence-electron chi connectivity index (χ4n) is 3.59. The highest BCUT2D eigenvalue weighted by atomic mass is 15.2. The number of aryl methyl sites for hydroxylation is 2. The number of nitrogen functional groups attached to an aromatic ring is 2. The van der Waals surface area contributed by atoms with Crippen LogP contribution in [0.3, 0.4) is 0 Å². The van der Waals surface area contributed by atoms with Crippen LogP contribution in [0, 0.1) is 13.8 Å². The average molecular weight is 349 g/mol. The summed E-state index contributed by atoms with van der Waals surface area (Å²) in [6, 6.07) is 4.25. The first-order valence-electron chi connectivity index (χ1n) is 9.07. The number of fused-ring (bicyclic) bond motifs is 1. The summed E-state index contributed by atoms with van der Waals surface area (Å²) in [5, 5.41) is 0. The molecule has 136 valence electrons. The normalized spacial score (nSPS) is 13.8. The van der Waals surface area contributed by atoms with E-state index in [-0.39, 0.29) is 0 Å². The number of allylic oxidation sites excluding steroid dienone is 1. The lowest BCUT2D eigenvalue weighted by molar-refractivity contribution is 0.598. The summed E-state index contributed by atoms with van der Waals surface area (Å²) in [5.74, 6) is 0.531. The fraction of sp³-hybridized carbons (Fsp3) is 0.333. The molecule has 0 aliphatic carbocycles. The molecule has 0 bridgehead atoms. The van der Waals surface area contributed by atoms with Crippen molar-refractivity contribution >= 4 is 28.8 Å². The van der Waals surface area contributed by atoms with Crippen LogP contribution in [0.1, 0.15) is 49.2 Å². The van der Waals surface area contributed by atoms with Crippen LogP contribution in [0.4, 0.5) is 17.2 Å². The van der Waals surface area contributed by atoms with Gasteiger partial charge in [-0.25, -0.2) is 4.98 Å². The van der Waals surface area contributed by atoms with E-state index < -0.39 is 0 Å². The first-order chi connectivity index (χ1) is 12.4. The van der Waals surface area contributed by atoms with Crippen LogP contribution in [0.5, 0.6) is 0 Å². The van der Waals surface area contributed by atoms with E-state index in [4.69, 9.17) is 11.5 Å². The van der Waals surface area contributed by atoms with Gasteiger partial charge >= 0.3 is 0 Å². The molecule has 2 aromatic heterocycles. The first kappa shape index (κ1) is 18.0. The van der Waals surface area contributed by atoms with E-state index in [0.717, 1.165) is 52.3 Å². The van der Waals surface area contributed by atoms with E-state index in [1.807, 2.05) is 32.2 Å². The number of nitrogens with two attached hydrogens (primary N) is 2. The van der Waals surface area contributed by atoms with Crippen molar-refractivity contribution in [3.63, 3.8) is 0 Å². The summed E-state index contributed by atoms with van der Waals surface area (Å²) in [6.45, 7) is 12.7. The Balaban J connectivity index is 2.24. The van der Waals surface area contributed by atoms with E-state index in [0.29, 0.717) is 17.5 Å². The Kier molecular flexibility index (Phi) is 4.72. The molecule has 3 heterocycles. The van der Waals surface area contributed by atoms with Crippen molar-refractivity contribution in [1.82, 2.24) is 9.97 Å². The minimum atomic E-state index is 0.335. The van der Waals surface area contributed by atoms with Gasteiger partial charge in [0.25, 0.3) is 0 Å². The lowest BCUT2D eigenvalue weighted by Gasteiger charge is -2.39. The van der Waals surface area contributed by atoms with Gasteiger partial charge in [0.1, 0.15) is 5.82 Å². The quantitative estimate of drug-likeness (QED) is 0.859. The Morgan fingerprint density at radius 1 is 1.12 bits per heavy atom. The molecule has 0 spiro atoms. The first-order valence-corrected chi connectivity index (χ1v) is 9.07. The number of pyridine rings is 2. The molecule has 0 saturated heterocycles. The highest BCUT2D eigenvalue weighted by Crippen LogP contribution is 2.42. The zero-order valence-electron chi connectivity index (χ0n) is 16.0. The van der Waals surface area contributed by atoms with E-state index in [1.54, 1.807) is 0 Å². The Morgan fingerprint density at radius 2 is 1.81 bits per heavy atom. The summed E-state index contributed by atoms with van der Waals surface area (Å²) in [5.41, 5.74) is 19.7. The topological polar surface area (TPSA) is 81.1 Å². The second-order valence-corrected chi connectivity index (χ2v) is 6.81. The highest BCUT2D eigenvalue weighted by Gasteiger charge is 2.29. The van der Waals surface area contributed by atoms with Gasteiger partial charge in [0, 0.05) is 46.4 Å². The number of nitrogens with zero attached hydrogens (tertiary/aromatic N) is 3. The average Bonchev–Trinajstić information content (AvgIpc) is 2.60. The second kappa shape index (κ2) is 6.83. The van der Waals surface area contributed by atoms with Crippen molar-refractivity contribution in [3.8, 4) is 0 Å². The molecule has 0 amide bonds. The van der Waals surface area contributed by atoms with Crippen LogP contribution in [-0.4, -0.2) is 16.0 Å². The molecule has 0 radical (unpaired) electrons. The molecule has 1 aliphatic heterocycles. The molecule has 0 fully saturated rings. The molecule has 0 aromatic carbocycles. The third-order valence-corrected chi connectivity index (χ3v) is 5.14. The lowest BCUT2D eigenvalue weighted by atomic mass is 9.92. The zero-order valence-corrected chi connectivity index (χ0v) is 16.0. The molecule has 3 rings (SSSR count). The SMILES string of the molecule is C=C1C(c2cnc(C)c(N)c2)=Cc2c(cc(N)nc2C)N1C(CC)CC. The molecule has 4 N–H and O–H groups in total. The van der Waals surface area contributed by atoms with E-state index in [2.05, 4.69) is 41.4 Å². The van der Waals surface area contributed by atoms with Crippen molar-refractivity contribution in [3.05, 3.63) is 53.1 Å². The third kappa shape index (κ3) is 2.94. The van der Waals surface area contributed by atoms with E-state index >= 15 is 0 Å². The van der Waals surface area contributed by atoms with Crippen molar-refractivity contribution in [1.29, 1.82) is 0 Å². The van der Waals surface area contributed by atoms with Crippen molar-refractivity contribution < 1.29 is 0 Å². The molecular weight excluding hydrogens is 322 g/mol. The van der Waals surface area contributed by atoms with Crippen LogP contribution in [0.15, 0.2) is 30.6 Å². The van der Waals surface area contributed by atoms with Gasteiger partial charge in [0.15, 0.2) is 0 Å². The Morgan fingerprint density at radius 3 is 2.42 bits per heavy atom. The molecular formula is C21H27N5. The molecule has 0 atom stereocenters. The number of hydrogen-bond acceptors (Lipinski definition) is 5. The highest BCUT2D eigenvalue weighted by molar-refractivity contribution is 6.00. The standard InChI is InChI=1S/C21H27N5/c1-6-16(7-2)26-14(5)18(15-8-19(22)13(4)24-11-15)9-17-12(3)25-21(23)10-20(17)26/h8-11,16H,5-7,22H2,1-4H3,(H2,23,25). The van der Waals surface area contributed by atoms with Gasteiger partial charge in [-0.1, -0.05) is 20.4 Å². The minimum Gasteiger partial charge on any atom is -0.397 e. The van der Waals surface area contributed by atoms with Gasteiger partial charge in [-0.05, 0) is 38.8 Å². The smallest absolute Gasteiger partial charge is 0.125 e. The number of aromatic nitrogens is 2. The van der Waals surface area contributed by atoms with E-state index in [1.165, 1.54) is 0 Å². The predicted octanol–water partition coefficient (Wildman–Crippen LogP) is 4.32. The summed E-state index contributed by atoms with van der Waals surface area (Å²) in [4.78, 5) is 11.2. The maximum atomic E-state index is 6.10. The molecule has 2 aromatic rings. The van der Waals surface area contributed by atoms with Crippen LogP contribution in [0.25, 0.3) is 11.6 Å². The van der Waals surface area contributed by atoms with Crippen molar-refractivity contribution in [2.24, 2.45) is 0 Å². The van der Waals surface area contributed by atoms with Gasteiger partial charge in [-0.3, -0.25) is 4.98 Å². The van der Waals surface area contributed by atoms with Crippen molar-refractivity contribution in [2.45, 2.75) is 46.6 Å². The Hall–Kier alpha value is -2.82. The molecule has 0 saturated carbocycles. The zero-order chi connectivity index (χ0) is 19.0. The molecule has 26 heavy (non-hydrogen) atoms. The largest absolute Gasteiger partial charge is 0.397 e. The molecule has 1 aliphatic rings. The predicted molar refractivity (Wildman–Crippen MR) is 111 cm³/mol. The third-order valence-electron chi connectivity index (χ3n) is 5.14. The lowest BCUT2D eigenvalue weighted by Crippen LogP contribution is -2.36. The van der Waals surface area contributed by atoms with Crippen LogP contribution < -0.4 is 16.4 Å². The molecule has 5 heteroatoms. The number of rotatable bonds is 4. The summed E-state index contributed by atoms with van der Waals surface area (Å²) in [7, 11) is 0. The monoisotopic (exact) mass is 349 g/mol. The number of anilines is 3. The van der Waals surface area contributed by atoms with Gasteiger partial charge < -0.3 is 16.4 Å². The van der Waals surface area contributed by atoms with Gasteiger partial charge in [0.2, 0.25) is 0 Å². The van der Waals surface area contributed by atoms with Crippen LogP contribution >= 0.6 is 0 Å². The second-order valence-electron chi connectivity index (χ2n) is 6.81. The van der Waals surface area contributed by atoms with Crippen molar-refractivity contribution in [2.75, 3.05) is 16.4 Å². The summed E-state index contributed by atoms with van der Waals surface area (Å²) in [6.07, 6.45) is 6.01. The Labute approximate surface area is 155 Å². The summed E-state index contributed by atoms with van der Waals surface area (Å²) < 4.78 is 0. The Bertz CT molecular complexity index is 894.